The van der Waals surface area contributed by atoms with Gasteiger partial charge in [0.15, 0.2) is 11.6 Å². The molecule has 140 valence electrons. The Morgan fingerprint density at radius 1 is 0.897 bits per heavy atom. The van der Waals surface area contributed by atoms with Gasteiger partial charge < -0.3 is 5.32 Å². The Balaban J connectivity index is 1.41. The largest absolute Gasteiger partial charge is 0.322 e. The number of nitrogens with zero attached hydrogens (tertiary/aromatic N) is 2. The second-order valence-electron chi connectivity index (χ2n) is 6.71. The molecule has 5 rings (SSSR count). The Morgan fingerprint density at radius 3 is 2.45 bits per heavy atom. The van der Waals surface area contributed by atoms with E-state index >= 15 is 0 Å². The second kappa shape index (κ2) is 6.53. The molecule has 1 heterocycles. The normalized spacial score (nSPS) is 11.8. The molecule has 5 nitrogen and oxygen atoms in total. The van der Waals surface area contributed by atoms with Gasteiger partial charge in [-0.3, -0.25) is 9.59 Å². The minimum absolute atomic E-state index is 0.0973. The number of anilines is 1. The van der Waals surface area contributed by atoms with E-state index < -0.39 is 11.7 Å². The first kappa shape index (κ1) is 17.1. The monoisotopic (exact) mass is 383 g/mol. The van der Waals surface area contributed by atoms with Gasteiger partial charge >= 0.3 is 0 Å². The zero-order chi connectivity index (χ0) is 20.0. The maximum absolute atomic E-state index is 14.4. The van der Waals surface area contributed by atoms with Crippen molar-refractivity contribution in [2.45, 2.75) is 0 Å². The number of fused-ring (bicyclic) bond motifs is 3. The van der Waals surface area contributed by atoms with Crippen molar-refractivity contribution >= 4 is 17.4 Å². The van der Waals surface area contributed by atoms with Crippen LogP contribution < -0.4 is 5.32 Å². The summed E-state index contributed by atoms with van der Waals surface area (Å²) in [6.45, 7) is 0. The lowest BCUT2D eigenvalue weighted by molar-refractivity contribution is 0.102. The van der Waals surface area contributed by atoms with E-state index in [0.717, 1.165) is 11.1 Å². The first-order chi connectivity index (χ1) is 14.1. The van der Waals surface area contributed by atoms with E-state index in [1.165, 1.54) is 10.7 Å². The molecule has 6 heteroatoms. The summed E-state index contributed by atoms with van der Waals surface area (Å²) in [5.41, 5.74) is 3.76. The average Bonchev–Trinajstić information content (AvgIpc) is 3.36. The summed E-state index contributed by atoms with van der Waals surface area (Å²) in [5.74, 6) is -1.02. The Bertz CT molecular complexity index is 1280. The maximum atomic E-state index is 14.4. The summed E-state index contributed by atoms with van der Waals surface area (Å²) in [4.78, 5) is 25.3. The Morgan fingerprint density at radius 2 is 1.69 bits per heavy atom. The van der Waals surface area contributed by atoms with Gasteiger partial charge in [-0.15, -0.1) is 0 Å². The number of nitrogens with one attached hydrogen (secondary N) is 1. The predicted molar refractivity (Wildman–Crippen MR) is 107 cm³/mol. The van der Waals surface area contributed by atoms with Crippen LogP contribution in [-0.4, -0.2) is 21.5 Å². The second-order valence-corrected chi connectivity index (χ2v) is 6.71. The van der Waals surface area contributed by atoms with Crippen molar-refractivity contribution in [2.75, 3.05) is 5.32 Å². The SMILES string of the molecule is O=C(Nc1ccc(-n2cccn2)c(F)c1)c1ccc2c(c1)C(=O)c1ccccc1-2. The van der Waals surface area contributed by atoms with Gasteiger partial charge in [-0.1, -0.05) is 30.3 Å². The minimum atomic E-state index is -0.508. The Hall–Kier alpha value is -4.06. The van der Waals surface area contributed by atoms with Crippen LogP contribution in [0.4, 0.5) is 10.1 Å². The standard InChI is InChI=1S/C23H14FN3O2/c24-20-13-15(7-9-21(20)27-11-3-10-25-27)26-23(29)14-6-8-17-16-4-1-2-5-18(16)22(28)19(17)12-14/h1-13H,(H,26,29). The lowest BCUT2D eigenvalue weighted by atomic mass is 10.0. The zero-order valence-electron chi connectivity index (χ0n) is 15.1. The number of ketones is 1. The molecule has 0 aliphatic heterocycles. The van der Waals surface area contributed by atoms with E-state index in [9.17, 15) is 14.0 Å². The predicted octanol–water partition coefficient (Wildman–Crippen LogP) is 4.48. The fourth-order valence-electron chi connectivity index (χ4n) is 3.55. The number of carbonyl (C=O) groups is 2. The Kier molecular flexibility index (Phi) is 3.84. The topological polar surface area (TPSA) is 64.0 Å². The smallest absolute Gasteiger partial charge is 0.255 e. The first-order valence-electron chi connectivity index (χ1n) is 9.01. The van der Waals surface area contributed by atoms with Crippen LogP contribution >= 0.6 is 0 Å². The van der Waals surface area contributed by atoms with Crippen molar-refractivity contribution in [3.8, 4) is 16.8 Å². The maximum Gasteiger partial charge on any atom is 0.255 e. The van der Waals surface area contributed by atoms with Gasteiger partial charge in [0, 0.05) is 34.8 Å². The highest BCUT2D eigenvalue weighted by atomic mass is 19.1. The molecule has 4 aromatic rings. The molecule has 0 spiro atoms. The molecule has 0 bridgehead atoms. The summed E-state index contributed by atoms with van der Waals surface area (Å²) in [7, 11) is 0. The zero-order valence-corrected chi connectivity index (χ0v) is 15.1. The highest BCUT2D eigenvalue weighted by Gasteiger charge is 2.27. The summed E-state index contributed by atoms with van der Waals surface area (Å²) in [6, 6.07) is 18.5. The molecule has 0 saturated carbocycles. The fraction of sp³-hybridized carbons (Fsp3) is 0. The van der Waals surface area contributed by atoms with Crippen LogP contribution in [0.25, 0.3) is 16.8 Å². The van der Waals surface area contributed by atoms with Crippen LogP contribution in [0.2, 0.25) is 0 Å². The number of rotatable bonds is 3. The fourth-order valence-corrected chi connectivity index (χ4v) is 3.55. The Labute approximate surface area is 165 Å². The number of carbonyl (C=O) groups excluding carboxylic acids is 2. The summed E-state index contributed by atoms with van der Waals surface area (Å²) >= 11 is 0. The summed E-state index contributed by atoms with van der Waals surface area (Å²) < 4.78 is 15.8. The lowest BCUT2D eigenvalue weighted by Gasteiger charge is -2.09. The molecule has 1 aliphatic carbocycles. The number of hydrogen-bond donors (Lipinski definition) is 1. The van der Waals surface area contributed by atoms with Crippen molar-refractivity contribution < 1.29 is 14.0 Å². The van der Waals surface area contributed by atoms with Gasteiger partial charge in [-0.2, -0.15) is 5.10 Å². The van der Waals surface area contributed by atoms with E-state index in [-0.39, 0.29) is 11.5 Å². The van der Waals surface area contributed by atoms with Gasteiger partial charge in [0.25, 0.3) is 5.91 Å². The molecular formula is C23H14FN3O2. The van der Waals surface area contributed by atoms with Crippen molar-refractivity contribution in [2.24, 2.45) is 0 Å². The molecule has 3 aromatic carbocycles. The van der Waals surface area contributed by atoms with E-state index in [0.29, 0.717) is 22.4 Å². The van der Waals surface area contributed by atoms with Gasteiger partial charge in [-0.25, -0.2) is 9.07 Å². The molecule has 1 aliphatic rings. The molecule has 1 N–H and O–H groups in total. The number of amides is 1. The van der Waals surface area contributed by atoms with Crippen molar-refractivity contribution in [3.63, 3.8) is 0 Å². The molecule has 0 saturated heterocycles. The van der Waals surface area contributed by atoms with E-state index in [1.54, 1.807) is 54.9 Å². The third-order valence-corrected chi connectivity index (χ3v) is 4.95. The molecule has 0 atom stereocenters. The molecule has 1 aromatic heterocycles. The van der Waals surface area contributed by atoms with Crippen molar-refractivity contribution in [1.29, 1.82) is 0 Å². The average molecular weight is 383 g/mol. The van der Waals surface area contributed by atoms with Gasteiger partial charge in [0.1, 0.15) is 5.69 Å². The number of aromatic nitrogens is 2. The van der Waals surface area contributed by atoms with Crippen LogP contribution in [-0.2, 0) is 0 Å². The van der Waals surface area contributed by atoms with Gasteiger partial charge in [0.2, 0.25) is 0 Å². The van der Waals surface area contributed by atoms with Gasteiger partial charge in [0.05, 0.1) is 0 Å². The van der Waals surface area contributed by atoms with E-state index in [1.807, 2.05) is 18.2 Å². The van der Waals surface area contributed by atoms with Crippen LogP contribution in [0.15, 0.2) is 79.1 Å². The molecule has 0 fully saturated rings. The van der Waals surface area contributed by atoms with Crippen LogP contribution in [0.5, 0.6) is 0 Å². The van der Waals surface area contributed by atoms with E-state index in [4.69, 9.17) is 0 Å². The molecule has 0 radical (unpaired) electrons. The minimum Gasteiger partial charge on any atom is -0.322 e. The third-order valence-electron chi connectivity index (χ3n) is 4.95. The summed E-state index contributed by atoms with van der Waals surface area (Å²) in [6.07, 6.45) is 3.19. The third kappa shape index (κ3) is 2.82. The number of hydrogen-bond acceptors (Lipinski definition) is 3. The quantitative estimate of drug-likeness (QED) is 0.500. The highest BCUT2D eigenvalue weighted by molar-refractivity contribution is 6.22. The number of halogens is 1. The first-order valence-corrected chi connectivity index (χ1v) is 9.01. The number of benzene rings is 3. The summed E-state index contributed by atoms with van der Waals surface area (Å²) in [5, 5.41) is 6.68. The highest BCUT2D eigenvalue weighted by Crippen LogP contribution is 2.36. The molecule has 29 heavy (non-hydrogen) atoms. The van der Waals surface area contributed by atoms with Crippen LogP contribution in [0, 0.1) is 5.82 Å². The van der Waals surface area contributed by atoms with Crippen molar-refractivity contribution in [3.05, 3.63) is 102 Å². The molecule has 0 unspecified atom stereocenters. The van der Waals surface area contributed by atoms with Crippen LogP contribution in [0.1, 0.15) is 26.3 Å². The van der Waals surface area contributed by atoms with Crippen LogP contribution in [0.3, 0.4) is 0 Å². The van der Waals surface area contributed by atoms with E-state index in [2.05, 4.69) is 10.4 Å². The molecular weight excluding hydrogens is 369 g/mol. The van der Waals surface area contributed by atoms with Crippen molar-refractivity contribution in [1.82, 2.24) is 9.78 Å². The van der Waals surface area contributed by atoms with Gasteiger partial charge in [-0.05, 0) is 47.5 Å². The molecule has 1 amide bonds. The lowest BCUT2D eigenvalue weighted by Crippen LogP contribution is -2.13.